The maximum atomic E-state index is 13.0. The van der Waals surface area contributed by atoms with E-state index in [1.54, 1.807) is 0 Å². The Labute approximate surface area is 113 Å². The standard InChI is InChI=1S/C13H12FNO5/c1-18-10-5-11(19-2)8(3-7(10)6-14)9-4-12(13(16)17)20-15-9/h3-5H,6H2,1-2H3,(H,16,17). The van der Waals surface area contributed by atoms with Gasteiger partial charge in [0, 0.05) is 23.3 Å². The largest absolute Gasteiger partial charge is 0.496 e. The van der Waals surface area contributed by atoms with Crippen molar-refractivity contribution in [3.05, 3.63) is 29.5 Å². The molecule has 0 fully saturated rings. The van der Waals surface area contributed by atoms with Crippen molar-refractivity contribution in [2.24, 2.45) is 0 Å². The summed E-state index contributed by atoms with van der Waals surface area (Å²) in [4.78, 5) is 10.8. The number of nitrogens with zero attached hydrogens (tertiary/aromatic N) is 1. The number of halogens is 1. The smallest absolute Gasteiger partial charge is 0.374 e. The fourth-order valence-electron chi connectivity index (χ4n) is 1.77. The molecule has 0 amide bonds. The molecule has 1 heterocycles. The summed E-state index contributed by atoms with van der Waals surface area (Å²) in [6, 6.07) is 4.25. The second-order valence-corrected chi connectivity index (χ2v) is 3.88. The summed E-state index contributed by atoms with van der Waals surface area (Å²) >= 11 is 0. The Kier molecular flexibility index (Phi) is 3.88. The number of ether oxygens (including phenoxy) is 2. The van der Waals surface area contributed by atoms with Crippen molar-refractivity contribution in [2.75, 3.05) is 14.2 Å². The average Bonchev–Trinajstić information content (AvgIpc) is 2.95. The van der Waals surface area contributed by atoms with Crippen LogP contribution in [0.2, 0.25) is 0 Å². The maximum absolute atomic E-state index is 13.0. The van der Waals surface area contributed by atoms with E-state index in [0.717, 1.165) is 0 Å². The van der Waals surface area contributed by atoms with Crippen LogP contribution in [-0.2, 0) is 6.67 Å². The first kappa shape index (κ1) is 13.9. The van der Waals surface area contributed by atoms with Gasteiger partial charge < -0.3 is 19.1 Å². The predicted molar refractivity (Wildman–Crippen MR) is 66.8 cm³/mol. The van der Waals surface area contributed by atoms with Gasteiger partial charge in [-0.05, 0) is 6.07 Å². The lowest BCUT2D eigenvalue weighted by atomic mass is 10.1. The molecule has 1 N–H and O–H groups in total. The Morgan fingerprint density at radius 1 is 1.30 bits per heavy atom. The van der Waals surface area contributed by atoms with Crippen LogP contribution in [0.25, 0.3) is 11.3 Å². The molecule has 0 aliphatic heterocycles. The molecule has 7 heteroatoms. The highest BCUT2D eigenvalue weighted by Gasteiger charge is 2.18. The Morgan fingerprint density at radius 2 is 2.00 bits per heavy atom. The summed E-state index contributed by atoms with van der Waals surface area (Å²) in [5.74, 6) is -0.819. The molecule has 2 aromatic rings. The first-order chi connectivity index (χ1) is 9.60. The van der Waals surface area contributed by atoms with Crippen molar-refractivity contribution in [3.63, 3.8) is 0 Å². The van der Waals surface area contributed by atoms with Gasteiger partial charge in [0.25, 0.3) is 0 Å². The van der Waals surface area contributed by atoms with Gasteiger partial charge >= 0.3 is 5.97 Å². The number of aromatic nitrogens is 1. The monoisotopic (exact) mass is 281 g/mol. The topological polar surface area (TPSA) is 81.8 Å². The normalized spacial score (nSPS) is 10.3. The van der Waals surface area contributed by atoms with Crippen LogP contribution >= 0.6 is 0 Å². The molecule has 0 atom stereocenters. The van der Waals surface area contributed by atoms with Gasteiger partial charge in [0.2, 0.25) is 5.76 Å². The number of methoxy groups -OCH3 is 2. The number of rotatable bonds is 5. The van der Waals surface area contributed by atoms with Crippen LogP contribution in [0.5, 0.6) is 11.5 Å². The molecule has 0 aliphatic carbocycles. The number of alkyl halides is 1. The zero-order chi connectivity index (χ0) is 14.7. The van der Waals surface area contributed by atoms with Crippen molar-refractivity contribution in [1.82, 2.24) is 5.16 Å². The number of carboxylic acid groups (broad SMARTS) is 1. The number of carboxylic acids is 1. The van der Waals surface area contributed by atoms with Crippen molar-refractivity contribution in [3.8, 4) is 22.8 Å². The van der Waals surface area contributed by atoms with Crippen LogP contribution in [-0.4, -0.2) is 30.5 Å². The summed E-state index contributed by atoms with van der Waals surface area (Å²) < 4.78 is 27.9. The molecule has 0 aliphatic rings. The van der Waals surface area contributed by atoms with Crippen molar-refractivity contribution >= 4 is 5.97 Å². The van der Waals surface area contributed by atoms with Gasteiger partial charge in [-0.2, -0.15) is 0 Å². The van der Waals surface area contributed by atoms with Gasteiger partial charge in [-0.15, -0.1) is 0 Å². The SMILES string of the molecule is COc1cc(OC)c(-c2cc(C(=O)O)on2)cc1CF. The molecule has 0 saturated carbocycles. The number of benzene rings is 1. The minimum Gasteiger partial charge on any atom is -0.496 e. The molecular weight excluding hydrogens is 269 g/mol. The Hall–Kier alpha value is -2.57. The molecule has 20 heavy (non-hydrogen) atoms. The Balaban J connectivity index is 2.56. The predicted octanol–water partition coefficient (Wildman–Crippen LogP) is 2.53. The van der Waals surface area contributed by atoms with Gasteiger partial charge in [-0.25, -0.2) is 9.18 Å². The second kappa shape index (κ2) is 5.60. The number of hydrogen-bond acceptors (Lipinski definition) is 5. The van der Waals surface area contributed by atoms with E-state index >= 15 is 0 Å². The second-order valence-electron chi connectivity index (χ2n) is 3.88. The van der Waals surface area contributed by atoms with Crippen LogP contribution in [0.4, 0.5) is 4.39 Å². The van der Waals surface area contributed by atoms with Gasteiger partial charge in [-0.3, -0.25) is 0 Å². The van der Waals surface area contributed by atoms with E-state index in [2.05, 4.69) is 9.68 Å². The summed E-state index contributed by atoms with van der Waals surface area (Å²) in [6.45, 7) is -0.732. The highest BCUT2D eigenvalue weighted by Crippen LogP contribution is 2.36. The summed E-state index contributed by atoms with van der Waals surface area (Å²) in [6.07, 6.45) is 0. The van der Waals surface area contributed by atoms with Crippen LogP contribution < -0.4 is 9.47 Å². The van der Waals surface area contributed by atoms with E-state index in [1.807, 2.05) is 0 Å². The minimum atomic E-state index is -1.23. The molecule has 2 rings (SSSR count). The lowest BCUT2D eigenvalue weighted by Crippen LogP contribution is -1.95. The van der Waals surface area contributed by atoms with E-state index in [1.165, 1.54) is 32.4 Å². The third-order valence-electron chi connectivity index (χ3n) is 2.74. The highest BCUT2D eigenvalue weighted by molar-refractivity contribution is 5.86. The fourth-order valence-corrected chi connectivity index (χ4v) is 1.77. The average molecular weight is 281 g/mol. The molecule has 106 valence electrons. The van der Waals surface area contributed by atoms with Crippen molar-refractivity contribution < 1.29 is 28.3 Å². The van der Waals surface area contributed by atoms with Crippen molar-refractivity contribution in [1.29, 1.82) is 0 Å². The Bertz CT molecular complexity index is 638. The molecular formula is C13H12FNO5. The fraction of sp³-hybridized carbons (Fsp3) is 0.231. The van der Waals surface area contributed by atoms with Gasteiger partial charge in [0.1, 0.15) is 23.9 Å². The van der Waals surface area contributed by atoms with Crippen LogP contribution in [0.3, 0.4) is 0 Å². The number of carbonyl (C=O) groups is 1. The van der Waals surface area contributed by atoms with E-state index in [0.29, 0.717) is 22.6 Å². The zero-order valence-electron chi connectivity index (χ0n) is 10.8. The van der Waals surface area contributed by atoms with Gasteiger partial charge in [0.15, 0.2) is 0 Å². The maximum Gasteiger partial charge on any atom is 0.374 e. The molecule has 1 aromatic heterocycles. The van der Waals surface area contributed by atoms with Gasteiger partial charge in [-0.1, -0.05) is 5.16 Å². The van der Waals surface area contributed by atoms with E-state index in [9.17, 15) is 9.18 Å². The Morgan fingerprint density at radius 3 is 2.50 bits per heavy atom. The van der Waals surface area contributed by atoms with Crippen LogP contribution in [0, 0.1) is 0 Å². The van der Waals surface area contributed by atoms with Crippen molar-refractivity contribution in [2.45, 2.75) is 6.67 Å². The first-order valence-corrected chi connectivity index (χ1v) is 5.62. The number of hydrogen-bond donors (Lipinski definition) is 1. The molecule has 0 bridgehead atoms. The highest BCUT2D eigenvalue weighted by atomic mass is 19.1. The lowest BCUT2D eigenvalue weighted by Gasteiger charge is -2.11. The van der Waals surface area contributed by atoms with E-state index in [4.69, 9.17) is 14.6 Å². The van der Waals surface area contributed by atoms with E-state index in [-0.39, 0.29) is 11.5 Å². The quantitative estimate of drug-likeness (QED) is 0.906. The molecule has 1 aromatic carbocycles. The summed E-state index contributed by atoms with van der Waals surface area (Å²) in [7, 11) is 2.86. The molecule has 6 nitrogen and oxygen atoms in total. The third kappa shape index (κ3) is 2.42. The molecule has 0 saturated heterocycles. The zero-order valence-corrected chi connectivity index (χ0v) is 10.8. The minimum absolute atomic E-state index is 0.247. The summed E-state index contributed by atoms with van der Waals surface area (Å²) in [5, 5.41) is 12.5. The molecule has 0 spiro atoms. The third-order valence-corrected chi connectivity index (χ3v) is 2.74. The molecule has 0 radical (unpaired) electrons. The lowest BCUT2D eigenvalue weighted by molar-refractivity contribution is 0.0652. The number of aromatic carboxylic acids is 1. The van der Waals surface area contributed by atoms with E-state index < -0.39 is 12.6 Å². The van der Waals surface area contributed by atoms with Crippen LogP contribution in [0.15, 0.2) is 22.7 Å². The molecule has 0 unspecified atom stereocenters. The van der Waals surface area contributed by atoms with Crippen LogP contribution in [0.1, 0.15) is 16.1 Å². The first-order valence-electron chi connectivity index (χ1n) is 5.62. The summed E-state index contributed by atoms with van der Waals surface area (Å²) in [5.41, 5.74) is 0.983. The van der Waals surface area contributed by atoms with Gasteiger partial charge in [0.05, 0.1) is 14.2 Å².